The van der Waals surface area contributed by atoms with Crippen LogP contribution in [-0.4, -0.2) is 18.5 Å². The van der Waals surface area contributed by atoms with E-state index in [0.717, 1.165) is 5.56 Å². The van der Waals surface area contributed by atoms with Gasteiger partial charge in [0.25, 0.3) is 5.91 Å². The van der Waals surface area contributed by atoms with E-state index in [-0.39, 0.29) is 17.9 Å². The number of ether oxygens (including phenoxy) is 2. The van der Waals surface area contributed by atoms with E-state index in [2.05, 4.69) is 5.32 Å². The van der Waals surface area contributed by atoms with Crippen LogP contribution in [0.4, 0.5) is 4.39 Å². The highest BCUT2D eigenvalue weighted by Crippen LogP contribution is 2.25. The number of rotatable bonds is 7. The zero-order valence-electron chi connectivity index (χ0n) is 14.9. The smallest absolute Gasteiger partial charge is 0.342 e. The van der Waals surface area contributed by atoms with Crippen LogP contribution in [0, 0.1) is 5.82 Å². The van der Waals surface area contributed by atoms with Crippen LogP contribution in [0.15, 0.2) is 78.9 Å². The average Bonchev–Trinajstić information content (AvgIpc) is 2.73. The van der Waals surface area contributed by atoms with Crippen molar-refractivity contribution in [1.29, 1.82) is 0 Å². The molecule has 3 aromatic rings. The summed E-state index contributed by atoms with van der Waals surface area (Å²) in [6.45, 7) is -0.218. The standard InChI is InChI=1S/C22H18FNO4/c23-17-12-10-16(11-13-17)14-24-21(25)15-27-22(26)19-8-4-5-9-20(19)28-18-6-2-1-3-7-18/h1-13H,14-15H2,(H,24,25). The number of para-hydroxylation sites is 2. The maximum absolute atomic E-state index is 12.9. The van der Waals surface area contributed by atoms with Crippen molar-refractivity contribution in [2.75, 3.05) is 6.61 Å². The van der Waals surface area contributed by atoms with Crippen molar-refractivity contribution in [1.82, 2.24) is 5.32 Å². The second-order valence-corrected chi connectivity index (χ2v) is 5.89. The lowest BCUT2D eigenvalue weighted by atomic mass is 10.2. The lowest BCUT2D eigenvalue weighted by molar-refractivity contribution is -0.124. The summed E-state index contributed by atoms with van der Waals surface area (Å²) in [5.41, 5.74) is 0.959. The van der Waals surface area contributed by atoms with Gasteiger partial charge in [-0.3, -0.25) is 4.79 Å². The Bertz CT molecular complexity index is 942. The van der Waals surface area contributed by atoms with E-state index in [9.17, 15) is 14.0 Å². The van der Waals surface area contributed by atoms with Crippen LogP contribution < -0.4 is 10.1 Å². The van der Waals surface area contributed by atoms with Crippen LogP contribution in [0.25, 0.3) is 0 Å². The Hall–Kier alpha value is -3.67. The van der Waals surface area contributed by atoms with Gasteiger partial charge in [-0.1, -0.05) is 42.5 Å². The Labute approximate surface area is 161 Å². The third-order valence-corrected chi connectivity index (χ3v) is 3.82. The lowest BCUT2D eigenvalue weighted by Crippen LogP contribution is -2.28. The normalized spacial score (nSPS) is 10.2. The monoisotopic (exact) mass is 379 g/mol. The first-order valence-electron chi connectivity index (χ1n) is 8.62. The predicted molar refractivity (Wildman–Crippen MR) is 101 cm³/mol. The first kappa shape index (κ1) is 19.1. The van der Waals surface area contributed by atoms with Crippen LogP contribution in [0.1, 0.15) is 15.9 Å². The lowest BCUT2D eigenvalue weighted by Gasteiger charge is -2.11. The minimum Gasteiger partial charge on any atom is -0.456 e. The molecule has 0 aliphatic heterocycles. The van der Waals surface area contributed by atoms with E-state index in [1.54, 1.807) is 48.5 Å². The van der Waals surface area contributed by atoms with Crippen molar-refractivity contribution in [2.24, 2.45) is 0 Å². The molecule has 0 spiro atoms. The molecule has 0 saturated heterocycles. The van der Waals surface area contributed by atoms with E-state index in [4.69, 9.17) is 9.47 Å². The molecule has 142 valence electrons. The Kier molecular flexibility index (Phi) is 6.36. The molecule has 1 amide bonds. The predicted octanol–water partition coefficient (Wildman–Crippen LogP) is 4.09. The van der Waals surface area contributed by atoms with Crippen molar-refractivity contribution >= 4 is 11.9 Å². The van der Waals surface area contributed by atoms with Gasteiger partial charge in [-0.15, -0.1) is 0 Å². The quantitative estimate of drug-likeness (QED) is 0.628. The molecule has 0 atom stereocenters. The number of carbonyl (C=O) groups is 2. The van der Waals surface area contributed by atoms with E-state index < -0.39 is 18.5 Å². The number of benzene rings is 3. The molecule has 0 heterocycles. The molecule has 0 radical (unpaired) electrons. The van der Waals surface area contributed by atoms with Crippen molar-refractivity contribution in [3.05, 3.63) is 95.8 Å². The molecule has 0 aromatic heterocycles. The summed E-state index contributed by atoms with van der Waals surface area (Å²) in [7, 11) is 0. The fourth-order valence-corrected chi connectivity index (χ4v) is 2.40. The second-order valence-electron chi connectivity index (χ2n) is 5.89. The molecule has 0 fully saturated rings. The molecule has 0 aliphatic carbocycles. The number of amides is 1. The van der Waals surface area contributed by atoms with Gasteiger partial charge in [-0.05, 0) is 42.0 Å². The first-order valence-corrected chi connectivity index (χ1v) is 8.62. The molecule has 0 saturated carbocycles. The molecule has 0 bridgehead atoms. The molecule has 0 unspecified atom stereocenters. The van der Waals surface area contributed by atoms with Crippen molar-refractivity contribution in [3.63, 3.8) is 0 Å². The summed E-state index contributed by atoms with van der Waals surface area (Å²) in [6.07, 6.45) is 0. The van der Waals surface area contributed by atoms with Crippen molar-refractivity contribution in [2.45, 2.75) is 6.54 Å². The number of carbonyl (C=O) groups excluding carboxylic acids is 2. The van der Waals surface area contributed by atoms with Gasteiger partial charge in [-0.25, -0.2) is 9.18 Å². The van der Waals surface area contributed by atoms with E-state index in [0.29, 0.717) is 11.5 Å². The number of hydrogen-bond donors (Lipinski definition) is 1. The highest BCUT2D eigenvalue weighted by molar-refractivity contribution is 5.94. The Balaban J connectivity index is 1.54. The molecular weight excluding hydrogens is 361 g/mol. The highest BCUT2D eigenvalue weighted by atomic mass is 19.1. The Morgan fingerprint density at radius 2 is 1.54 bits per heavy atom. The minimum atomic E-state index is -0.663. The second kappa shape index (κ2) is 9.32. The van der Waals surface area contributed by atoms with Crippen molar-refractivity contribution in [3.8, 4) is 11.5 Å². The van der Waals surface area contributed by atoms with Gasteiger partial charge < -0.3 is 14.8 Å². The van der Waals surface area contributed by atoms with Gasteiger partial charge in [0.15, 0.2) is 6.61 Å². The molecule has 1 N–H and O–H groups in total. The van der Waals surface area contributed by atoms with E-state index in [1.165, 1.54) is 12.1 Å². The van der Waals surface area contributed by atoms with Crippen LogP contribution >= 0.6 is 0 Å². The largest absolute Gasteiger partial charge is 0.456 e. The molecule has 3 aromatic carbocycles. The molecule has 0 aliphatic rings. The van der Waals surface area contributed by atoms with Gasteiger partial charge >= 0.3 is 5.97 Å². The van der Waals surface area contributed by atoms with Gasteiger partial charge in [-0.2, -0.15) is 0 Å². The first-order chi connectivity index (χ1) is 13.6. The molecule has 3 rings (SSSR count). The Morgan fingerprint density at radius 1 is 0.857 bits per heavy atom. The summed E-state index contributed by atoms with van der Waals surface area (Å²) in [5, 5.41) is 2.61. The van der Waals surface area contributed by atoms with Crippen LogP contribution in [0.2, 0.25) is 0 Å². The van der Waals surface area contributed by atoms with Crippen LogP contribution in [0.5, 0.6) is 11.5 Å². The zero-order valence-corrected chi connectivity index (χ0v) is 14.9. The van der Waals surface area contributed by atoms with Crippen LogP contribution in [-0.2, 0) is 16.1 Å². The highest BCUT2D eigenvalue weighted by Gasteiger charge is 2.15. The SMILES string of the molecule is O=C(COC(=O)c1ccccc1Oc1ccccc1)NCc1ccc(F)cc1. The van der Waals surface area contributed by atoms with Gasteiger partial charge in [0.2, 0.25) is 0 Å². The maximum atomic E-state index is 12.9. The number of esters is 1. The number of halogens is 1. The topological polar surface area (TPSA) is 64.6 Å². The Morgan fingerprint density at radius 3 is 2.29 bits per heavy atom. The van der Waals surface area contributed by atoms with Gasteiger partial charge in [0, 0.05) is 6.54 Å². The minimum absolute atomic E-state index is 0.213. The molecule has 5 nitrogen and oxygen atoms in total. The zero-order chi connectivity index (χ0) is 19.8. The number of hydrogen-bond acceptors (Lipinski definition) is 4. The maximum Gasteiger partial charge on any atom is 0.342 e. The molecule has 6 heteroatoms. The van der Waals surface area contributed by atoms with Crippen LogP contribution in [0.3, 0.4) is 0 Å². The fourth-order valence-electron chi connectivity index (χ4n) is 2.40. The van der Waals surface area contributed by atoms with E-state index in [1.807, 2.05) is 18.2 Å². The van der Waals surface area contributed by atoms with E-state index >= 15 is 0 Å². The summed E-state index contributed by atoms with van der Waals surface area (Å²) in [5.74, 6) is -0.548. The summed E-state index contributed by atoms with van der Waals surface area (Å²) in [6, 6.07) is 21.4. The number of nitrogens with one attached hydrogen (secondary N) is 1. The summed E-state index contributed by atoms with van der Waals surface area (Å²) >= 11 is 0. The fraction of sp³-hybridized carbons (Fsp3) is 0.0909. The molecular formula is C22H18FNO4. The average molecular weight is 379 g/mol. The third-order valence-electron chi connectivity index (χ3n) is 3.82. The summed E-state index contributed by atoms with van der Waals surface area (Å²) in [4.78, 5) is 24.2. The van der Waals surface area contributed by atoms with Gasteiger partial charge in [0.05, 0.1) is 0 Å². The molecule has 28 heavy (non-hydrogen) atoms. The third kappa shape index (κ3) is 5.41. The van der Waals surface area contributed by atoms with Crippen molar-refractivity contribution < 1.29 is 23.5 Å². The summed E-state index contributed by atoms with van der Waals surface area (Å²) < 4.78 is 23.7. The van der Waals surface area contributed by atoms with Gasteiger partial charge in [0.1, 0.15) is 22.9 Å².